The molecule has 3 nitrogen and oxygen atoms in total. The quantitative estimate of drug-likeness (QED) is 0.465. The van der Waals surface area contributed by atoms with Crippen LogP contribution in [0.4, 0.5) is 0 Å². The molecule has 2 aromatic rings. The summed E-state index contributed by atoms with van der Waals surface area (Å²) in [4.78, 5) is 13.1. The van der Waals surface area contributed by atoms with Gasteiger partial charge in [-0.1, -0.05) is 76.9 Å². The SMILES string of the molecule is O=C(NC(Sc1ccccc1)C(Cl)(Cl)Cl)c1ccccc1O. The second-order valence-electron chi connectivity index (χ2n) is 4.34. The Labute approximate surface area is 147 Å². The van der Waals surface area contributed by atoms with Gasteiger partial charge in [0.05, 0.1) is 5.56 Å². The van der Waals surface area contributed by atoms with Gasteiger partial charge < -0.3 is 10.4 Å². The lowest BCUT2D eigenvalue weighted by Crippen LogP contribution is -2.41. The van der Waals surface area contributed by atoms with E-state index < -0.39 is 15.1 Å². The molecule has 1 amide bonds. The standard InChI is InChI=1S/C15H12Cl3NO2S/c16-15(17,18)14(22-10-6-2-1-3-7-10)19-13(21)11-8-4-5-9-12(11)20/h1-9,14,20H,(H,19,21). The lowest BCUT2D eigenvalue weighted by molar-refractivity contribution is 0.0947. The first-order valence-electron chi connectivity index (χ1n) is 6.25. The fourth-order valence-electron chi connectivity index (χ4n) is 1.68. The normalized spacial score (nSPS) is 12.7. The maximum Gasteiger partial charge on any atom is 0.256 e. The van der Waals surface area contributed by atoms with Crippen LogP contribution in [0.15, 0.2) is 59.5 Å². The molecule has 0 aromatic heterocycles. The van der Waals surface area contributed by atoms with Crippen molar-refractivity contribution in [1.82, 2.24) is 5.32 Å². The molecular weight excluding hydrogens is 365 g/mol. The van der Waals surface area contributed by atoms with Gasteiger partial charge in [0.1, 0.15) is 11.1 Å². The maximum absolute atomic E-state index is 12.3. The molecule has 2 aromatic carbocycles. The van der Waals surface area contributed by atoms with Crippen LogP contribution in [0.1, 0.15) is 10.4 Å². The van der Waals surface area contributed by atoms with Crippen LogP contribution in [0.2, 0.25) is 0 Å². The Morgan fingerprint density at radius 1 is 1.05 bits per heavy atom. The van der Waals surface area contributed by atoms with Crippen molar-refractivity contribution < 1.29 is 9.90 Å². The number of phenolic OH excluding ortho intramolecular Hbond substituents is 1. The summed E-state index contributed by atoms with van der Waals surface area (Å²) < 4.78 is -1.71. The Bertz CT molecular complexity index is 647. The van der Waals surface area contributed by atoms with Crippen molar-refractivity contribution in [3.63, 3.8) is 0 Å². The second-order valence-corrected chi connectivity index (χ2v) is 7.89. The van der Waals surface area contributed by atoms with E-state index in [1.54, 1.807) is 12.1 Å². The molecule has 7 heteroatoms. The molecule has 0 bridgehead atoms. The molecule has 0 aliphatic rings. The molecule has 0 heterocycles. The highest BCUT2D eigenvalue weighted by molar-refractivity contribution is 8.00. The molecule has 0 aliphatic carbocycles. The number of para-hydroxylation sites is 1. The Hall–Kier alpha value is -1.07. The predicted octanol–water partition coefficient (Wildman–Crippen LogP) is 4.61. The van der Waals surface area contributed by atoms with E-state index in [1.807, 2.05) is 30.3 Å². The first kappa shape index (κ1) is 17.3. The second kappa shape index (κ2) is 7.47. The number of amides is 1. The number of aromatic hydroxyl groups is 1. The lowest BCUT2D eigenvalue weighted by atomic mass is 10.2. The Balaban J connectivity index is 2.17. The zero-order valence-corrected chi connectivity index (χ0v) is 14.3. The number of thioether (sulfide) groups is 1. The Morgan fingerprint density at radius 2 is 1.64 bits per heavy atom. The highest BCUT2D eigenvalue weighted by atomic mass is 35.6. The number of rotatable bonds is 4. The van der Waals surface area contributed by atoms with E-state index >= 15 is 0 Å². The molecule has 22 heavy (non-hydrogen) atoms. The van der Waals surface area contributed by atoms with Gasteiger partial charge in [0.15, 0.2) is 0 Å². The number of alkyl halides is 3. The molecular formula is C15H12Cl3NO2S. The number of carbonyl (C=O) groups excluding carboxylic acids is 1. The van der Waals surface area contributed by atoms with Gasteiger partial charge >= 0.3 is 0 Å². The summed E-state index contributed by atoms with van der Waals surface area (Å²) in [7, 11) is 0. The van der Waals surface area contributed by atoms with Crippen LogP contribution in [0, 0.1) is 0 Å². The molecule has 0 fully saturated rings. The summed E-state index contributed by atoms with van der Waals surface area (Å²) in [5.41, 5.74) is 0.121. The van der Waals surface area contributed by atoms with Crippen molar-refractivity contribution in [2.75, 3.05) is 0 Å². The van der Waals surface area contributed by atoms with Crippen molar-refractivity contribution in [3.8, 4) is 5.75 Å². The summed E-state index contributed by atoms with van der Waals surface area (Å²) in [6, 6.07) is 15.4. The summed E-state index contributed by atoms with van der Waals surface area (Å²) in [5.74, 6) is -0.648. The Morgan fingerprint density at radius 3 is 2.23 bits per heavy atom. The first-order chi connectivity index (χ1) is 10.4. The van der Waals surface area contributed by atoms with Crippen LogP contribution in [0.5, 0.6) is 5.75 Å². The number of halogens is 3. The lowest BCUT2D eigenvalue weighted by Gasteiger charge is -2.25. The minimum absolute atomic E-state index is 0.121. The van der Waals surface area contributed by atoms with E-state index in [-0.39, 0.29) is 11.3 Å². The van der Waals surface area contributed by atoms with Crippen molar-refractivity contribution in [3.05, 3.63) is 60.2 Å². The fourth-order valence-corrected chi connectivity index (χ4v) is 3.13. The minimum atomic E-state index is -1.71. The number of phenols is 1. The zero-order valence-electron chi connectivity index (χ0n) is 11.2. The monoisotopic (exact) mass is 375 g/mol. The highest BCUT2D eigenvalue weighted by Crippen LogP contribution is 2.39. The van der Waals surface area contributed by atoms with Crippen molar-refractivity contribution >= 4 is 52.5 Å². The number of benzene rings is 2. The van der Waals surface area contributed by atoms with E-state index in [1.165, 1.54) is 23.9 Å². The van der Waals surface area contributed by atoms with E-state index in [0.717, 1.165) is 4.90 Å². The van der Waals surface area contributed by atoms with E-state index in [2.05, 4.69) is 5.32 Å². The van der Waals surface area contributed by atoms with Gasteiger partial charge in [0.25, 0.3) is 5.91 Å². The molecule has 0 radical (unpaired) electrons. The third-order valence-electron chi connectivity index (χ3n) is 2.71. The van der Waals surface area contributed by atoms with Crippen LogP contribution in [-0.4, -0.2) is 20.2 Å². The van der Waals surface area contributed by atoms with E-state index in [9.17, 15) is 9.90 Å². The van der Waals surface area contributed by atoms with Gasteiger partial charge in [-0.15, -0.1) is 0 Å². The summed E-state index contributed by atoms with van der Waals surface area (Å²) in [5, 5.41) is 11.5. The van der Waals surface area contributed by atoms with Crippen LogP contribution < -0.4 is 5.32 Å². The molecule has 1 unspecified atom stereocenters. The van der Waals surface area contributed by atoms with E-state index in [0.29, 0.717) is 0 Å². The first-order valence-corrected chi connectivity index (χ1v) is 8.26. The van der Waals surface area contributed by atoms with Crippen LogP contribution in [0.25, 0.3) is 0 Å². The molecule has 0 saturated carbocycles. The highest BCUT2D eigenvalue weighted by Gasteiger charge is 2.35. The summed E-state index contributed by atoms with van der Waals surface area (Å²) in [6.07, 6.45) is 0. The van der Waals surface area contributed by atoms with E-state index in [4.69, 9.17) is 34.8 Å². The predicted molar refractivity (Wildman–Crippen MR) is 92.0 cm³/mol. The van der Waals surface area contributed by atoms with Gasteiger partial charge in [0, 0.05) is 4.90 Å². The number of hydrogen-bond acceptors (Lipinski definition) is 3. The third-order valence-corrected chi connectivity index (χ3v) is 5.00. The van der Waals surface area contributed by atoms with Gasteiger partial charge in [-0.25, -0.2) is 0 Å². The molecule has 0 saturated heterocycles. The van der Waals surface area contributed by atoms with Crippen molar-refractivity contribution in [1.29, 1.82) is 0 Å². The maximum atomic E-state index is 12.3. The topological polar surface area (TPSA) is 49.3 Å². The zero-order chi connectivity index (χ0) is 16.2. The summed E-state index contributed by atoms with van der Waals surface area (Å²) >= 11 is 19.1. The molecule has 2 rings (SSSR count). The largest absolute Gasteiger partial charge is 0.507 e. The number of carbonyl (C=O) groups is 1. The van der Waals surface area contributed by atoms with Gasteiger partial charge in [-0.2, -0.15) is 0 Å². The van der Waals surface area contributed by atoms with Crippen LogP contribution in [0.3, 0.4) is 0 Å². The number of nitrogens with one attached hydrogen (secondary N) is 1. The van der Waals surface area contributed by atoms with Crippen molar-refractivity contribution in [2.45, 2.75) is 14.1 Å². The minimum Gasteiger partial charge on any atom is -0.507 e. The molecule has 0 spiro atoms. The number of hydrogen-bond donors (Lipinski definition) is 2. The average molecular weight is 377 g/mol. The Kier molecular flexibility index (Phi) is 5.87. The third kappa shape index (κ3) is 4.71. The van der Waals surface area contributed by atoms with Crippen LogP contribution in [-0.2, 0) is 0 Å². The van der Waals surface area contributed by atoms with Gasteiger partial charge in [-0.05, 0) is 24.3 Å². The summed E-state index contributed by atoms with van der Waals surface area (Å²) in [6.45, 7) is 0. The van der Waals surface area contributed by atoms with Gasteiger partial charge in [-0.3, -0.25) is 4.79 Å². The average Bonchev–Trinajstić information content (AvgIpc) is 2.47. The van der Waals surface area contributed by atoms with Gasteiger partial charge in [0.2, 0.25) is 3.79 Å². The molecule has 0 aliphatic heterocycles. The molecule has 1 atom stereocenters. The molecule has 2 N–H and O–H groups in total. The molecule has 116 valence electrons. The fraction of sp³-hybridized carbons (Fsp3) is 0.133. The van der Waals surface area contributed by atoms with Crippen LogP contribution >= 0.6 is 46.6 Å². The van der Waals surface area contributed by atoms with Crippen molar-refractivity contribution in [2.24, 2.45) is 0 Å². The smallest absolute Gasteiger partial charge is 0.256 e.